The minimum atomic E-state index is -0.535. The van der Waals surface area contributed by atoms with E-state index < -0.39 is 5.41 Å². The molecule has 0 bridgehead atoms. The average molecular weight is 790 g/mol. The lowest BCUT2D eigenvalue weighted by Gasteiger charge is -2.41. The summed E-state index contributed by atoms with van der Waals surface area (Å²) in [4.78, 5) is 10.2. The molecule has 0 saturated heterocycles. The molecule has 0 radical (unpaired) electrons. The summed E-state index contributed by atoms with van der Waals surface area (Å²) in [5.41, 5.74) is 17.8. The van der Waals surface area contributed by atoms with Gasteiger partial charge in [0.1, 0.15) is 0 Å². The third-order valence-electron chi connectivity index (χ3n) is 12.7. The second-order valence-electron chi connectivity index (χ2n) is 16.1. The third-order valence-corrected chi connectivity index (χ3v) is 12.7. The number of rotatable bonds is 7. The third kappa shape index (κ3) is 5.67. The van der Waals surface area contributed by atoms with E-state index in [0.717, 1.165) is 39.2 Å². The summed E-state index contributed by atoms with van der Waals surface area (Å²) < 4.78 is 2.48. The molecule has 1 unspecified atom stereocenters. The van der Waals surface area contributed by atoms with Gasteiger partial charge < -0.3 is 4.57 Å². The summed E-state index contributed by atoms with van der Waals surface area (Å²) in [5.74, 6) is 0.706. The highest BCUT2D eigenvalue weighted by Crippen LogP contribution is 2.54. The fraction of sp³-hybridized carbons (Fsp3) is 0.0169. The predicted octanol–water partition coefficient (Wildman–Crippen LogP) is 14.6. The summed E-state index contributed by atoms with van der Waals surface area (Å²) >= 11 is 0. The van der Waals surface area contributed by atoms with Crippen LogP contribution in [0.4, 0.5) is 0 Å². The fourth-order valence-electron chi connectivity index (χ4n) is 9.85. The number of hydrogen-bond acceptors (Lipinski definition) is 2. The van der Waals surface area contributed by atoms with Crippen molar-refractivity contribution in [3.63, 3.8) is 0 Å². The van der Waals surface area contributed by atoms with Gasteiger partial charge in [0.25, 0.3) is 0 Å². The van der Waals surface area contributed by atoms with Crippen LogP contribution in [-0.2, 0) is 5.41 Å². The highest BCUT2D eigenvalue weighted by atomic mass is 15.0. The van der Waals surface area contributed by atoms with Gasteiger partial charge in [-0.1, -0.05) is 218 Å². The van der Waals surface area contributed by atoms with Crippen LogP contribution in [0.15, 0.2) is 237 Å². The normalized spacial score (nSPS) is 14.2. The number of fused-ring (bicyclic) bond motifs is 5. The lowest BCUT2D eigenvalue weighted by molar-refractivity contribution is 0.728. The maximum atomic E-state index is 5.12. The summed E-state index contributed by atoms with van der Waals surface area (Å²) in [5, 5.41) is 2.55. The number of benzene rings is 9. The molecule has 2 aromatic heterocycles. The van der Waals surface area contributed by atoms with E-state index in [9.17, 15) is 0 Å². The van der Waals surface area contributed by atoms with Crippen molar-refractivity contribution in [2.45, 2.75) is 5.41 Å². The van der Waals surface area contributed by atoms with Crippen molar-refractivity contribution in [1.29, 1.82) is 0 Å². The largest absolute Gasteiger partial charge is 0.309 e. The number of para-hydroxylation sites is 3. The van der Waals surface area contributed by atoms with Crippen molar-refractivity contribution >= 4 is 21.8 Å². The molecule has 0 aliphatic carbocycles. The smallest absolute Gasteiger partial charge is 0.160 e. The molecule has 0 N–H and O–H groups in total. The number of aromatic nitrogens is 3. The van der Waals surface area contributed by atoms with Gasteiger partial charge in [0.2, 0.25) is 0 Å². The van der Waals surface area contributed by atoms with E-state index in [0.29, 0.717) is 5.82 Å². The second-order valence-corrected chi connectivity index (χ2v) is 16.1. The Morgan fingerprint density at radius 2 is 0.774 bits per heavy atom. The van der Waals surface area contributed by atoms with Crippen LogP contribution in [-0.4, -0.2) is 14.5 Å². The summed E-state index contributed by atoms with van der Waals surface area (Å²) in [7, 11) is 0. The molecule has 1 aliphatic heterocycles. The molecule has 3 heterocycles. The van der Waals surface area contributed by atoms with Crippen molar-refractivity contribution in [2.75, 3.05) is 0 Å². The van der Waals surface area contributed by atoms with Gasteiger partial charge in [0, 0.05) is 27.5 Å². The molecule has 0 amide bonds. The Balaban J connectivity index is 0.944. The Labute approximate surface area is 360 Å². The van der Waals surface area contributed by atoms with E-state index in [-0.39, 0.29) is 0 Å². The van der Waals surface area contributed by atoms with E-state index in [1.165, 1.54) is 60.9 Å². The standard InChI is InChI=1S/C59H39N3/c1-4-15-40(16-5-1)41-27-31-44(32-28-41)53-39-54(61-58(60-53)46-17-6-2-7-18-46)45-33-29-42(30-34-45)43-35-37-48(38-36-43)59(47-19-8-3-9-20-47)51-23-11-13-26-56(51)62-55-25-12-10-21-49(55)50-22-14-24-52(59)57(50)62/h1-39H. The average Bonchev–Trinajstić information content (AvgIpc) is 3.70. The van der Waals surface area contributed by atoms with Gasteiger partial charge in [-0.25, -0.2) is 9.97 Å². The van der Waals surface area contributed by atoms with Crippen molar-refractivity contribution in [3.05, 3.63) is 259 Å². The molecule has 1 aliphatic rings. The van der Waals surface area contributed by atoms with Gasteiger partial charge in [-0.15, -0.1) is 0 Å². The van der Waals surface area contributed by atoms with E-state index in [2.05, 4.69) is 217 Å². The number of hydrogen-bond donors (Lipinski definition) is 0. The zero-order valence-electron chi connectivity index (χ0n) is 33.9. The summed E-state index contributed by atoms with van der Waals surface area (Å²) in [6, 6.07) is 85.2. The first-order valence-electron chi connectivity index (χ1n) is 21.2. The molecule has 0 saturated carbocycles. The van der Waals surface area contributed by atoms with Crippen LogP contribution in [0.25, 0.3) is 83.6 Å². The maximum Gasteiger partial charge on any atom is 0.160 e. The first-order chi connectivity index (χ1) is 30.7. The second kappa shape index (κ2) is 14.5. The van der Waals surface area contributed by atoms with Crippen LogP contribution in [0.5, 0.6) is 0 Å². The van der Waals surface area contributed by atoms with E-state index >= 15 is 0 Å². The summed E-state index contributed by atoms with van der Waals surface area (Å²) in [6.45, 7) is 0. The Morgan fingerprint density at radius 1 is 0.323 bits per heavy atom. The van der Waals surface area contributed by atoms with Crippen molar-refractivity contribution < 1.29 is 0 Å². The van der Waals surface area contributed by atoms with Gasteiger partial charge in [-0.3, -0.25) is 0 Å². The molecule has 0 spiro atoms. The Morgan fingerprint density at radius 3 is 1.42 bits per heavy atom. The molecule has 12 rings (SSSR count). The van der Waals surface area contributed by atoms with Crippen LogP contribution in [0.2, 0.25) is 0 Å². The Kier molecular flexibility index (Phi) is 8.39. The minimum absolute atomic E-state index is 0.535. The highest BCUT2D eigenvalue weighted by molar-refractivity contribution is 6.12. The molecule has 62 heavy (non-hydrogen) atoms. The predicted molar refractivity (Wildman–Crippen MR) is 255 cm³/mol. The van der Waals surface area contributed by atoms with E-state index in [1.807, 2.05) is 24.3 Å². The fourth-order valence-corrected chi connectivity index (χ4v) is 9.85. The molecular formula is C59H39N3. The first kappa shape index (κ1) is 35.8. The van der Waals surface area contributed by atoms with Crippen LogP contribution in [0, 0.1) is 0 Å². The monoisotopic (exact) mass is 789 g/mol. The molecule has 290 valence electrons. The first-order valence-corrected chi connectivity index (χ1v) is 21.2. The molecule has 11 aromatic rings. The zero-order valence-corrected chi connectivity index (χ0v) is 33.9. The maximum absolute atomic E-state index is 5.12. The number of nitrogens with zero attached hydrogens (tertiary/aromatic N) is 3. The highest BCUT2D eigenvalue weighted by Gasteiger charge is 2.45. The molecule has 9 aromatic carbocycles. The van der Waals surface area contributed by atoms with Crippen LogP contribution < -0.4 is 0 Å². The zero-order chi connectivity index (χ0) is 41.0. The molecular weight excluding hydrogens is 751 g/mol. The van der Waals surface area contributed by atoms with Crippen molar-refractivity contribution in [1.82, 2.24) is 14.5 Å². The van der Waals surface area contributed by atoms with Crippen molar-refractivity contribution in [3.8, 4) is 61.8 Å². The SMILES string of the molecule is c1ccc(-c2ccc(-c3cc(-c4ccc(-c5ccc(C6(c7ccccc7)c7ccccc7-n7c8ccccc8c8cccc6c87)cc5)cc4)nc(-c4ccccc4)n3)cc2)cc1. The van der Waals surface area contributed by atoms with Gasteiger partial charge >= 0.3 is 0 Å². The van der Waals surface area contributed by atoms with Gasteiger partial charge in [0.15, 0.2) is 5.82 Å². The van der Waals surface area contributed by atoms with Crippen molar-refractivity contribution in [2.24, 2.45) is 0 Å². The van der Waals surface area contributed by atoms with Crippen LogP contribution in [0.1, 0.15) is 22.3 Å². The van der Waals surface area contributed by atoms with Crippen LogP contribution >= 0.6 is 0 Å². The molecule has 0 fully saturated rings. The minimum Gasteiger partial charge on any atom is -0.309 e. The quantitative estimate of drug-likeness (QED) is 0.161. The molecule has 1 atom stereocenters. The Hall–Kier alpha value is -8.14. The topological polar surface area (TPSA) is 30.7 Å². The van der Waals surface area contributed by atoms with Gasteiger partial charge in [0.05, 0.1) is 33.5 Å². The van der Waals surface area contributed by atoms with Crippen LogP contribution in [0.3, 0.4) is 0 Å². The van der Waals surface area contributed by atoms with Gasteiger partial charge in [-0.2, -0.15) is 0 Å². The summed E-state index contributed by atoms with van der Waals surface area (Å²) in [6.07, 6.45) is 0. The van der Waals surface area contributed by atoms with E-state index in [4.69, 9.17) is 9.97 Å². The van der Waals surface area contributed by atoms with E-state index in [1.54, 1.807) is 0 Å². The van der Waals surface area contributed by atoms with Gasteiger partial charge in [-0.05, 0) is 62.7 Å². The molecule has 3 heteroatoms. The lowest BCUT2D eigenvalue weighted by atomic mass is 9.63. The molecule has 3 nitrogen and oxygen atoms in total. The lowest BCUT2D eigenvalue weighted by Crippen LogP contribution is -2.35. The Bertz CT molecular complexity index is 3410.